The Labute approximate surface area is 101 Å². The van der Waals surface area contributed by atoms with Gasteiger partial charge < -0.3 is 5.32 Å². The summed E-state index contributed by atoms with van der Waals surface area (Å²) in [5.41, 5.74) is 0. The second-order valence-electron chi connectivity index (χ2n) is 6.67. The number of rotatable bonds is 3. The quantitative estimate of drug-likeness (QED) is 0.766. The van der Waals surface area contributed by atoms with Gasteiger partial charge in [0.05, 0.1) is 0 Å². The van der Waals surface area contributed by atoms with E-state index in [1.54, 1.807) is 0 Å². The van der Waals surface area contributed by atoms with Crippen LogP contribution in [0.25, 0.3) is 0 Å². The molecule has 0 spiro atoms. The molecular weight excluding hydrogens is 194 g/mol. The van der Waals surface area contributed by atoms with Crippen molar-refractivity contribution in [3.05, 3.63) is 0 Å². The highest BCUT2D eigenvalue weighted by molar-refractivity contribution is 4.90. The minimum absolute atomic E-state index is 0.829. The van der Waals surface area contributed by atoms with E-state index in [2.05, 4.69) is 26.1 Å². The lowest BCUT2D eigenvalue weighted by molar-refractivity contribution is 0.181. The molecular formula is C15H29N. The first-order valence-electron chi connectivity index (χ1n) is 7.40. The molecule has 2 aliphatic rings. The molecule has 1 aliphatic heterocycles. The van der Waals surface area contributed by atoms with E-state index >= 15 is 0 Å². The molecule has 1 saturated heterocycles. The zero-order valence-corrected chi connectivity index (χ0v) is 11.3. The smallest absolute Gasteiger partial charge is 0.0101 e. The molecule has 1 aliphatic carbocycles. The molecule has 4 unspecified atom stereocenters. The molecule has 0 amide bonds. The van der Waals surface area contributed by atoms with Crippen molar-refractivity contribution in [3.63, 3.8) is 0 Å². The maximum atomic E-state index is 3.75. The number of nitrogens with one attached hydrogen (secondary N) is 1. The summed E-state index contributed by atoms with van der Waals surface area (Å²) in [5, 5.41) is 3.75. The maximum absolute atomic E-state index is 3.75. The van der Waals surface area contributed by atoms with Gasteiger partial charge in [-0.15, -0.1) is 0 Å². The Hall–Kier alpha value is -0.0400. The lowest BCUT2D eigenvalue weighted by Crippen LogP contribution is -2.34. The molecule has 16 heavy (non-hydrogen) atoms. The average Bonchev–Trinajstić information content (AvgIpc) is 2.65. The first-order valence-corrected chi connectivity index (χ1v) is 7.40. The van der Waals surface area contributed by atoms with Gasteiger partial charge in [0, 0.05) is 6.04 Å². The fraction of sp³-hybridized carbons (Fsp3) is 1.00. The molecule has 0 aromatic carbocycles. The highest BCUT2D eigenvalue weighted by Crippen LogP contribution is 2.39. The van der Waals surface area contributed by atoms with E-state index in [0.717, 1.165) is 29.7 Å². The molecule has 94 valence electrons. The molecule has 0 radical (unpaired) electrons. The normalized spacial score (nSPS) is 40.5. The van der Waals surface area contributed by atoms with Crippen LogP contribution in [0, 0.1) is 23.7 Å². The summed E-state index contributed by atoms with van der Waals surface area (Å²) in [7, 11) is 0. The molecule has 1 heteroatoms. The Balaban J connectivity index is 1.91. The van der Waals surface area contributed by atoms with E-state index in [-0.39, 0.29) is 0 Å². The summed E-state index contributed by atoms with van der Waals surface area (Å²) in [6.45, 7) is 8.44. The van der Waals surface area contributed by atoms with Gasteiger partial charge in [-0.1, -0.05) is 40.0 Å². The highest BCUT2D eigenvalue weighted by Gasteiger charge is 2.35. The molecule has 2 fully saturated rings. The van der Waals surface area contributed by atoms with Crippen LogP contribution < -0.4 is 5.32 Å². The molecule has 1 N–H and O–H groups in total. The lowest BCUT2D eigenvalue weighted by atomic mass is 9.72. The maximum Gasteiger partial charge on any atom is 0.0101 e. The molecule has 0 aromatic rings. The third-order valence-corrected chi connectivity index (χ3v) is 4.71. The topological polar surface area (TPSA) is 12.0 Å². The van der Waals surface area contributed by atoms with Crippen LogP contribution in [0.4, 0.5) is 0 Å². The molecule has 0 bridgehead atoms. The highest BCUT2D eigenvalue weighted by atomic mass is 15.0. The van der Waals surface area contributed by atoms with Crippen LogP contribution in [-0.4, -0.2) is 12.6 Å². The van der Waals surface area contributed by atoms with Crippen LogP contribution >= 0.6 is 0 Å². The van der Waals surface area contributed by atoms with Gasteiger partial charge in [-0.25, -0.2) is 0 Å². The van der Waals surface area contributed by atoms with Crippen molar-refractivity contribution in [2.24, 2.45) is 23.7 Å². The van der Waals surface area contributed by atoms with Crippen molar-refractivity contribution in [3.8, 4) is 0 Å². The van der Waals surface area contributed by atoms with E-state index in [4.69, 9.17) is 0 Å². The monoisotopic (exact) mass is 223 g/mol. The predicted octanol–water partition coefficient (Wildman–Crippen LogP) is 3.84. The van der Waals surface area contributed by atoms with E-state index in [0.29, 0.717) is 0 Å². The van der Waals surface area contributed by atoms with Gasteiger partial charge in [-0.05, 0) is 49.5 Å². The Bertz CT molecular complexity index is 211. The molecule has 1 heterocycles. The molecule has 1 nitrogen and oxygen atoms in total. The van der Waals surface area contributed by atoms with E-state index in [1.165, 1.54) is 45.1 Å². The summed E-state index contributed by atoms with van der Waals surface area (Å²) < 4.78 is 0. The Kier molecular flexibility index (Phi) is 4.29. The van der Waals surface area contributed by atoms with Crippen LogP contribution in [0.2, 0.25) is 0 Å². The van der Waals surface area contributed by atoms with Crippen LogP contribution in [0.1, 0.15) is 59.3 Å². The van der Waals surface area contributed by atoms with E-state index < -0.39 is 0 Å². The van der Waals surface area contributed by atoms with Gasteiger partial charge in [-0.2, -0.15) is 0 Å². The number of hydrogen-bond donors (Lipinski definition) is 1. The van der Waals surface area contributed by atoms with Crippen molar-refractivity contribution >= 4 is 0 Å². The van der Waals surface area contributed by atoms with Gasteiger partial charge in [-0.3, -0.25) is 0 Å². The second kappa shape index (κ2) is 5.53. The minimum Gasteiger partial charge on any atom is -0.314 e. The Morgan fingerprint density at radius 2 is 2.00 bits per heavy atom. The van der Waals surface area contributed by atoms with Crippen molar-refractivity contribution in [2.45, 2.75) is 65.3 Å². The van der Waals surface area contributed by atoms with Crippen LogP contribution in [0.3, 0.4) is 0 Å². The number of hydrogen-bond acceptors (Lipinski definition) is 1. The van der Waals surface area contributed by atoms with Gasteiger partial charge in [0.25, 0.3) is 0 Å². The fourth-order valence-corrected chi connectivity index (χ4v) is 3.99. The standard InChI is InChI=1S/C15H29N/c1-11(2)9-15-14(7-8-16-15)13-6-4-5-12(3)10-13/h11-16H,4-10H2,1-3H3. The zero-order chi connectivity index (χ0) is 11.5. The summed E-state index contributed by atoms with van der Waals surface area (Å²) in [6.07, 6.45) is 8.79. The van der Waals surface area contributed by atoms with Crippen LogP contribution in [-0.2, 0) is 0 Å². The van der Waals surface area contributed by atoms with Crippen LogP contribution in [0.15, 0.2) is 0 Å². The SMILES string of the molecule is CC(C)CC1NCCC1C1CCCC(C)C1. The van der Waals surface area contributed by atoms with Crippen molar-refractivity contribution in [2.75, 3.05) is 6.54 Å². The predicted molar refractivity (Wildman–Crippen MR) is 70.5 cm³/mol. The molecule has 2 rings (SSSR count). The van der Waals surface area contributed by atoms with Gasteiger partial charge in [0.1, 0.15) is 0 Å². The van der Waals surface area contributed by atoms with Crippen molar-refractivity contribution in [1.82, 2.24) is 5.32 Å². The molecule has 4 atom stereocenters. The van der Waals surface area contributed by atoms with Gasteiger partial charge in [0.15, 0.2) is 0 Å². The first-order chi connectivity index (χ1) is 7.66. The van der Waals surface area contributed by atoms with E-state index in [1.807, 2.05) is 0 Å². The summed E-state index contributed by atoms with van der Waals surface area (Å²) >= 11 is 0. The third-order valence-electron chi connectivity index (χ3n) is 4.71. The minimum atomic E-state index is 0.829. The zero-order valence-electron chi connectivity index (χ0n) is 11.3. The van der Waals surface area contributed by atoms with Gasteiger partial charge >= 0.3 is 0 Å². The Morgan fingerprint density at radius 3 is 2.69 bits per heavy atom. The molecule has 0 aromatic heterocycles. The Morgan fingerprint density at radius 1 is 1.19 bits per heavy atom. The summed E-state index contributed by atoms with van der Waals surface area (Å²) in [6, 6.07) is 0.829. The fourth-order valence-electron chi connectivity index (χ4n) is 3.99. The largest absolute Gasteiger partial charge is 0.314 e. The lowest BCUT2D eigenvalue weighted by Gasteiger charge is -2.34. The summed E-state index contributed by atoms with van der Waals surface area (Å²) in [4.78, 5) is 0. The third kappa shape index (κ3) is 3.00. The van der Waals surface area contributed by atoms with Gasteiger partial charge in [0.2, 0.25) is 0 Å². The van der Waals surface area contributed by atoms with Crippen molar-refractivity contribution in [1.29, 1.82) is 0 Å². The summed E-state index contributed by atoms with van der Waals surface area (Å²) in [5.74, 6) is 3.85. The first kappa shape index (κ1) is 12.4. The van der Waals surface area contributed by atoms with Crippen molar-refractivity contribution < 1.29 is 0 Å². The second-order valence-corrected chi connectivity index (χ2v) is 6.67. The van der Waals surface area contributed by atoms with Crippen LogP contribution in [0.5, 0.6) is 0 Å². The van der Waals surface area contributed by atoms with E-state index in [9.17, 15) is 0 Å². The molecule has 1 saturated carbocycles. The average molecular weight is 223 g/mol.